The molecule has 2 atom stereocenters. The van der Waals surface area contributed by atoms with Crippen LogP contribution < -0.4 is 5.32 Å². The highest BCUT2D eigenvalue weighted by Gasteiger charge is 2.33. The largest absolute Gasteiger partial charge is 0.481 e. The summed E-state index contributed by atoms with van der Waals surface area (Å²) >= 11 is 3.49. The average Bonchev–Trinajstić information content (AvgIpc) is 2.44. The van der Waals surface area contributed by atoms with Gasteiger partial charge in [0.15, 0.2) is 0 Å². The van der Waals surface area contributed by atoms with Crippen molar-refractivity contribution in [3.63, 3.8) is 0 Å². The van der Waals surface area contributed by atoms with Gasteiger partial charge in [-0.1, -0.05) is 28.1 Å². The smallest absolute Gasteiger partial charge is 0.307 e. The van der Waals surface area contributed by atoms with Crippen LogP contribution in [0.5, 0.6) is 0 Å². The van der Waals surface area contributed by atoms with Crippen LogP contribution in [0, 0.1) is 25.7 Å². The van der Waals surface area contributed by atoms with Crippen LogP contribution in [0.25, 0.3) is 0 Å². The number of benzene rings is 1. The Balaban J connectivity index is 2.17. The van der Waals surface area contributed by atoms with Crippen LogP contribution in [-0.2, 0) is 9.59 Å². The second-order valence-electron chi connectivity index (χ2n) is 5.41. The Labute approximate surface area is 132 Å². The third kappa shape index (κ3) is 3.53. The van der Waals surface area contributed by atoms with Crippen LogP contribution >= 0.6 is 15.9 Å². The van der Waals surface area contributed by atoms with Crippen molar-refractivity contribution in [2.45, 2.75) is 26.7 Å². The van der Waals surface area contributed by atoms with Crippen LogP contribution in [0.3, 0.4) is 0 Å². The molecule has 2 rings (SSSR count). The zero-order valence-electron chi connectivity index (χ0n) is 12.0. The standard InChI is InChI=1S/C16H18BrNO3/c1-9-7-11(8-10(2)14(9)17)18-15(19)12-5-3-4-6-13(12)16(20)21/h3-4,7-8,12-13H,5-6H2,1-2H3,(H,18,19)(H,20,21)/t12-,13+/m1/s1. The van der Waals surface area contributed by atoms with E-state index >= 15 is 0 Å². The molecule has 1 amide bonds. The summed E-state index contributed by atoms with van der Waals surface area (Å²) in [5.74, 6) is -2.31. The van der Waals surface area contributed by atoms with E-state index < -0.39 is 17.8 Å². The van der Waals surface area contributed by atoms with Crippen molar-refractivity contribution in [2.24, 2.45) is 11.8 Å². The van der Waals surface area contributed by atoms with Gasteiger partial charge in [0.05, 0.1) is 11.8 Å². The zero-order chi connectivity index (χ0) is 15.6. The predicted octanol–water partition coefficient (Wildman–Crippen LogP) is 3.67. The molecule has 0 radical (unpaired) electrons. The van der Waals surface area contributed by atoms with Crippen molar-refractivity contribution < 1.29 is 14.7 Å². The minimum Gasteiger partial charge on any atom is -0.481 e. The highest BCUT2D eigenvalue weighted by Crippen LogP contribution is 2.29. The van der Waals surface area contributed by atoms with Crippen LogP contribution in [0.4, 0.5) is 5.69 Å². The number of anilines is 1. The summed E-state index contributed by atoms with van der Waals surface area (Å²) < 4.78 is 1.02. The van der Waals surface area contributed by atoms with E-state index in [1.54, 1.807) is 0 Å². The van der Waals surface area contributed by atoms with Gasteiger partial charge in [-0.25, -0.2) is 0 Å². The number of carbonyl (C=O) groups excluding carboxylic acids is 1. The van der Waals surface area contributed by atoms with Crippen molar-refractivity contribution >= 4 is 33.5 Å². The first-order valence-corrected chi connectivity index (χ1v) is 7.65. The monoisotopic (exact) mass is 351 g/mol. The first-order valence-electron chi connectivity index (χ1n) is 6.85. The lowest BCUT2D eigenvalue weighted by atomic mass is 9.82. The Bertz CT molecular complexity index is 587. The quantitative estimate of drug-likeness (QED) is 0.816. The van der Waals surface area contributed by atoms with Crippen LogP contribution in [0.2, 0.25) is 0 Å². The van der Waals surface area contributed by atoms with E-state index in [4.69, 9.17) is 0 Å². The third-order valence-electron chi connectivity index (χ3n) is 3.79. The van der Waals surface area contributed by atoms with Gasteiger partial charge in [-0.3, -0.25) is 9.59 Å². The maximum atomic E-state index is 12.4. The lowest BCUT2D eigenvalue weighted by Crippen LogP contribution is -2.34. The summed E-state index contributed by atoms with van der Waals surface area (Å²) in [4.78, 5) is 23.6. The average molecular weight is 352 g/mol. The summed E-state index contributed by atoms with van der Waals surface area (Å²) in [5.41, 5.74) is 2.77. The van der Waals surface area contributed by atoms with Crippen LogP contribution in [0.15, 0.2) is 28.8 Å². The van der Waals surface area contributed by atoms with Gasteiger partial charge < -0.3 is 10.4 Å². The van der Waals surface area contributed by atoms with Crippen molar-refractivity contribution in [2.75, 3.05) is 5.32 Å². The van der Waals surface area contributed by atoms with Crippen molar-refractivity contribution in [3.8, 4) is 0 Å². The number of aliphatic carboxylic acids is 1. The molecule has 21 heavy (non-hydrogen) atoms. The number of amides is 1. The van der Waals surface area contributed by atoms with Crippen molar-refractivity contribution in [1.29, 1.82) is 0 Å². The van der Waals surface area contributed by atoms with Crippen molar-refractivity contribution in [1.82, 2.24) is 0 Å². The normalized spacial score (nSPS) is 21.1. The topological polar surface area (TPSA) is 66.4 Å². The summed E-state index contributed by atoms with van der Waals surface area (Å²) in [6.07, 6.45) is 4.58. The molecule has 0 fully saturated rings. The molecular weight excluding hydrogens is 334 g/mol. The molecule has 0 bridgehead atoms. The molecule has 0 spiro atoms. The van der Waals surface area contributed by atoms with Crippen molar-refractivity contribution in [3.05, 3.63) is 39.9 Å². The molecule has 0 unspecified atom stereocenters. The Morgan fingerprint density at radius 1 is 1.14 bits per heavy atom. The number of rotatable bonds is 3. The SMILES string of the molecule is Cc1cc(NC(=O)[C@@H]2CC=CC[C@@H]2C(=O)O)cc(C)c1Br. The molecule has 4 nitrogen and oxygen atoms in total. The molecule has 1 aliphatic carbocycles. The van der Waals surface area contributed by atoms with Gasteiger partial charge >= 0.3 is 5.97 Å². The van der Waals surface area contributed by atoms with Gasteiger partial charge in [0.25, 0.3) is 0 Å². The second-order valence-corrected chi connectivity index (χ2v) is 6.20. The van der Waals surface area contributed by atoms with Gasteiger partial charge in [-0.05, 0) is 49.9 Å². The summed E-state index contributed by atoms with van der Waals surface area (Å²) in [6.45, 7) is 3.91. The molecule has 5 heteroatoms. The fraction of sp³-hybridized carbons (Fsp3) is 0.375. The zero-order valence-corrected chi connectivity index (χ0v) is 13.6. The third-order valence-corrected chi connectivity index (χ3v) is 5.04. The predicted molar refractivity (Wildman–Crippen MR) is 85.2 cm³/mol. The molecule has 0 saturated heterocycles. The number of nitrogens with one attached hydrogen (secondary N) is 1. The molecule has 1 aromatic carbocycles. The molecule has 0 heterocycles. The van der Waals surface area contributed by atoms with E-state index in [1.165, 1.54) is 0 Å². The molecule has 2 N–H and O–H groups in total. The van der Waals surface area contributed by atoms with E-state index in [-0.39, 0.29) is 5.91 Å². The number of carboxylic acids is 1. The first-order chi connectivity index (χ1) is 9.90. The summed E-state index contributed by atoms with van der Waals surface area (Å²) in [7, 11) is 0. The number of allylic oxidation sites excluding steroid dienone is 2. The van der Waals surface area contributed by atoms with Crippen LogP contribution in [-0.4, -0.2) is 17.0 Å². The number of hydrogen-bond acceptors (Lipinski definition) is 2. The van der Waals surface area contributed by atoms with Gasteiger partial charge in [0.2, 0.25) is 5.91 Å². The van der Waals surface area contributed by atoms with E-state index in [0.717, 1.165) is 15.6 Å². The highest BCUT2D eigenvalue weighted by molar-refractivity contribution is 9.10. The van der Waals surface area contributed by atoms with E-state index in [0.29, 0.717) is 18.5 Å². The van der Waals surface area contributed by atoms with Crippen LogP contribution in [0.1, 0.15) is 24.0 Å². The number of carboxylic acid groups (broad SMARTS) is 1. The minimum atomic E-state index is -0.914. The lowest BCUT2D eigenvalue weighted by molar-refractivity contribution is -0.146. The molecular formula is C16H18BrNO3. The summed E-state index contributed by atoms with van der Waals surface area (Å²) in [6, 6.07) is 3.76. The second kappa shape index (κ2) is 6.43. The fourth-order valence-electron chi connectivity index (χ4n) is 2.63. The number of aryl methyl sites for hydroxylation is 2. The Morgan fingerprint density at radius 2 is 1.67 bits per heavy atom. The minimum absolute atomic E-state index is 0.229. The summed E-state index contributed by atoms with van der Waals surface area (Å²) in [5, 5.41) is 12.1. The molecule has 0 saturated carbocycles. The van der Waals surface area contributed by atoms with E-state index in [2.05, 4.69) is 21.2 Å². The fourth-order valence-corrected chi connectivity index (χ4v) is 2.86. The molecule has 112 valence electrons. The molecule has 0 aromatic heterocycles. The molecule has 1 aliphatic rings. The Kier molecular flexibility index (Phi) is 4.83. The van der Waals surface area contributed by atoms with Gasteiger partial charge in [0.1, 0.15) is 0 Å². The number of halogens is 1. The lowest BCUT2D eigenvalue weighted by Gasteiger charge is -2.24. The van der Waals surface area contributed by atoms with Gasteiger partial charge in [-0.2, -0.15) is 0 Å². The highest BCUT2D eigenvalue weighted by atomic mass is 79.9. The Hall–Kier alpha value is -1.62. The van der Waals surface area contributed by atoms with E-state index in [9.17, 15) is 14.7 Å². The molecule has 1 aromatic rings. The van der Waals surface area contributed by atoms with Gasteiger partial charge in [0, 0.05) is 10.2 Å². The number of carbonyl (C=O) groups is 2. The number of hydrogen-bond donors (Lipinski definition) is 2. The maximum absolute atomic E-state index is 12.4. The maximum Gasteiger partial charge on any atom is 0.307 e. The molecule has 0 aliphatic heterocycles. The van der Waals surface area contributed by atoms with Gasteiger partial charge in [-0.15, -0.1) is 0 Å². The Morgan fingerprint density at radius 3 is 2.19 bits per heavy atom. The van der Waals surface area contributed by atoms with E-state index in [1.807, 2.05) is 38.1 Å². The first kappa shape index (κ1) is 15.8.